The van der Waals surface area contributed by atoms with Gasteiger partial charge in [0.1, 0.15) is 5.82 Å². The van der Waals surface area contributed by atoms with E-state index in [1.165, 1.54) is 12.3 Å². The van der Waals surface area contributed by atoms with Crippen LogP contribution in [-0.2, 0) is 0 Å². The lowest BCUT2D eigenvalue weighted by molar-refractivity contribution is 0.584. The van der Waals surface area contributed by atoms with E-state index >= 15 is 0 Å². The van der Waals surface area contributed by atoms with Gasteiger partial charge in [-0.2, -0.15) is 4.39 Å². The maximum atomic E-state index is 13.0. The molecule has 0 saturated heterocycles. The zero-order valence-corrected chi connectivity index (χ0v) is 13.4. The molecule has 0 aliphatic carbocycles. The number of aromatic nitrogens is 4. The molecule has 4 aromatic rings. The van der Waals surface area contributed by atoms with Crippen LogP contribution in [0, 0.1) is 5.95 Å². The topological polar surface area (TPSA) is 63.6 Å². The molecule has 0 saturated carbocycles. The molecular formula is C19H14FN5. The van der Waals surface area contributed by atoms with Crippen molar-refractivity contribution in [1.82, 2.24) is 19.9 Å². The third kappa shape index (κ3) is 2.89. The van der Waals surface area contributed by atoms with E-state index in [2.05, 4.69) is 25.3 Å². The summed E-state index contributed by atoms with van der Waals surface area (Å²) in [5.74, 6) is 0.840. The fourth-order valence-electron chi connectivity index (χ4n) is 2.67. The van der Waals surface area contributed by atoms with Crippen LogP contribution in [0.25, 0.3) is 33.4 Å². The van der Waals surface area contributed by atoms with E-state index in [0.29, 0.717) is 5.82 Å². The molecule has 3 heterocycles. The molecule has 0 aliphatic rings. The Balaban J connectivity index is 1.86. The lowest BCUT2D eigenvalue weighted by atomic mass is 10.0. The Morgan fingerprint density at radius 1 is 0.920 bits per heavy atom. The highest BCUT2D eigenvalue weighted by atomic mass is 19.1. The Hall–Kier alpha value is -3.41. The maximum absolute atomic E-state index is 13.0. The van der Waals surface area contributed by atoms with E-state index in [9.17, 15) is 4.39 Å². The minimum atomic E-state index is -0.495. The Labute approximate surface area is 143 Å². The standard InChI is InChI=1S/C19H14FN5/c1-21-19-15-9-12(13-5-7-17(20)23-11-13)4-6-16(15)24-18(25-19)14-3-2-8-22-10-14/h2-11H,1H3,(H,21,24,25). The summed E-state index contributed by atoms with van der Waals surface area (Å²) in [6, 6.07) is 12.7. The molecule has 0 bridgehead atoms. The first-order valence-corrected chi connectivity index (χ1v) is 7.76. The van der Waals surface area contributed by atoms with Gasteiger partial charge in [0.05, 0.1) is 5.52 Å². The number of halogens is 1. The fraction of sp³-hybridized carbons (Fsp3) is 0.0526. The van der Waals surface area contributed by atoms with Gasteiger partial charge in [-0.15, -0.1) is 0 Å². The van der Waals surface area contributed by atoms with Gasteiger partial charge in [-0.1, -0.05) is 6.07 Å². The van der Waals surface area contributed by atoms with Gasteiger partial charge in [-0.3, -0.25) is 4.98 Å². The average molecular weight is 331 g/mol. The van der Waals surface area contributed by atoms with Crippen molar-refractivity contribution < 1.29 is 4.39 Å². The van der Waals surface area contributed by atoms with E-state index in [0.717, 1.165) is 33.4 Å². The van der Waals surface area contributed by atoms with Crippen molar-refractivity contribution in [3.63, 3.8) is 0 Å². The van der Waals surface area contributed by atoms with E-state index in [-0.39, 0.29) is 0 Å². The monoisotopic (exact) mass is 331 g/mol. The highest BCUT2D eigenvalue weighted by molar-refractivity contribution is 5.93. The number of nitrogens with one attached hydrogen (secondary N) is 1. The number of anilines is 1. The number of hydrogen-bond acceptors (Lipinski definition) is 5. The first-order chi connectivity index (χ1) is 12.2. The molecule has 4 rings (SSSR count). The summed E-state index contributed by atoms with van der Waals surface area (Å²) in [4.78, 5) is 17.1. The summed E-state index contributed by atoms with van der Waals surface area (Å²) in [6.07, 6.45) is 4.96. The van der Waals surface area contributed by atoms with Gasteiger partial charge in [-0.05, 0) is 42.0 Å². The number of hydrogen-bond donors (Lipinski definition) is 1. The van der Waals surface area contributed by atoms with Crippen LogP contribution in [0.15, 0.2) is 61.1 Å². The first-order valence-electron chi connectivity index (χ1n) is 7.76. The van der Waals surface area contributed by atoms with Crippen LogP contribution < -0.4 is 5.32 Å². The van der Waals surface area contributed by atoms with E-state index in [1.807, 2.05) is 37.4 Å². The van der Waals surface area contributed by atoms with Gasteiger partial charge in [0.15, 0.2) is 5.82 Å². The van der Waals surface area contributed by atoms with Gasteiger partial charge in [0.2, 0.25) is 5.95 Å². The minimum absolute atomic E-state index is 0.495. The highest BCUT2D eigenvalue weighted by Crippen LogP contribution is 2.29. The van der Waals surface area contributed by atoms with Crippen LogP contribution in [-0.4, -0.2) is 27.0 Å². The second-order valence-electron chi connectivity index (χ2n) is 5.49. The third-order valence-electron chi connectivity index (χ3n) is 3.91. The number of fused-ring (bicyclic) bond motifs is 1. The van der Waals surface area contributed by atoms with Crippen LogP contribution in [0.3, 0.4) is 0 Å². The molecule has 0 aliphatic heterocycles. The van der Waals surface area contributed by atoms with E-state index < -0.39 is 5.95 Å². The van der Waals surface area contributed by atoms with Gasteiger partial charge in [0, 0.05) is 42.2 Å². The van der Waals surface area contributed by atoms with Crippen LogP contribution >= 0.6 is 0 Å². The quantitative estimate of drug-likeness (QED) is 0.576. The Kier molecular flexibility index (Phi) is 3.78. The number of pyridine rings is 2. The summed E-state index contributed by atoms with van der Waals surface area (Å²) < 4.78 is 13.0. The zero-order chi connectivity index (χ0) is 17.2. The van der Waals surface area contributed by atoms with E-state index in [1.54, 1.807) is 18.5 Å². The van der Waals surface area contributed by atoms with Crippen LogP contribution in [0.4, 0.5) is 10.2 Å². The third-order valence-corrected chi connectivity index (χ3v) is 3.91. The van der Waals surface area contributed by atoms with Gasteiger partial charge in [-0.25, -0.2) is 15.0 Å². The van der Waals surface area contributed by atoms with Crippen LogP contribution in [0.5, 0.6) is 0 Å². The average Bonchev–Trinajstić information content (AvgIpc) is 2.68. The van der Waals surface area contributed by atoms with E-state index in [4.69, 9.17) is 0 Å². The van der Waals surface area contributed by atoms with Crippen molar-refractivity contribution in [3.8, 4) is 22.5 Å². The molecule has 0 spiro atoms. The largest absolute Gasteiger partial charge is 0.373 e. The molecular weight excluding hydrogens is 317 g/mol. The Morgan fingerprint density at radius 3 is 2.52 bits per heavy atom. The molecule has 0 radical (unpaired) electrons. The SMILES string of the molecule is CNc1nc(-c2cccnc2)nc2ccc(-c3ccc(F)nc3)cc12. The predicted molar refractivity (Wildman–Crippen MR) is 95.5 cm³/mol. The molecule has 0 fully saturated rings. The summed E-state index contributed by atoms with van der Waals surface area (Å²) in [6.45, 7) is 0. The van der Waals surface area contributed by atoms with Crippen LogP contribution in [0.2, 0.25) is 0 Å². The van der Waals surface area contributed by atoms with Crippen molar-refractivity contribution in [1.29, 1.82) is 0 Å². The van der Waals surface area contributed by atoms with Crippen molar-refractivity contribution in [2.75, 3.05) is 12.4 Å². The predicted octanol–water partition coefficient (Wildman–Crippen LogP) is 3.93. The normalized spacial score (nSPS) is 10.8. The minimum Gasteiger partial charge on any atom is -0.373 e. The lowest BCUT2D eigenvalue weighted by Gasteiger charge is -2.10. The molecule has 5 nitrogen and oxygen atoms in total. The molecule has 1 aromatic carbocycles. The Morgan fingerprint density at radius 2 is 1.80 bits per heavy atom. The van der Waals surface area contributed by atoms with Gasteiger partial charge >= 0.3 is 0 Å². The zero-order valence-electron chi connectivity index (χ0n) is 13.4. The molecule has 0 atom stereocenters. The summed E-state index contributed by atoms with van der Waals surface area (Å²) in [5, 5.41) is 4.01. The Bertz CT molecular complexity index is 1030. The van der Waals surface area contributed by atoms with Crippen molar-refractivity contribution in [3.05, 3.63) is 67.0 Å². The molecule has 25 heavy (non-hydrogen) atoms. The smallest absolute Gasteiger partial charge is 0.212 e. The number of nitrogens with zero attached hydrogens (tertiary/aromatic N) is 4. The summed E-state index contributed by atoms with van der Waals surface area (Å²) >= 11 is 0. The molecule has 122 valence electrons. The molecule has 3 aromatic heterocycles. The molecule has 6 heteroatoms. The molecule has 0 amide bonds. The second kappa shape index (κ2) is 6.24. The van der Waals surface area contributed by atoms with Crippen molar-refractivity contribution in [2.24, 2.45) is 0 Å². The molecule has 1 N–H and O–H groups in total. The number of rotatable bonds is 3. The van der Waals surface area contributed by atoms with Gasteiger partial charge < -0.3 is 5.32 Å². The lowest BCUT2D eigenvalue weighted by Crippen LogP contribution is -1.99. The van der Waals surface area contributed by atoms with Crippen LogP contribution in [0.1, 0.15) is 0 Å². The molecule has 0 unspecified atom stereocenters. The summed E-state index contributed by atoms with van der Waals surface area (Å²) in [7, 11) is 1.82. The summed E-state index contributed by atoms with van der Waals surface area (Å²) in [5.41, 5.74) is 3.43. The number of benzene rings is 1. The maximum Gasteiger partial charge on any atom is 0.212 e. The first kappa shape index (κ1) is 15.1. The highest BCUT2D eigenvalue weighted by Gasteiger charge is 2.10. The van der Waals surface area contributed by atoms with Gasteiger partial charge in [0.25, 0.3) is 0 Å². The second-order valence-corrected chi connectivity index (χ2v) is 5.49. The van der Waals surface area contributed by atoms with Crippen molar-refractivity contribution in [2.45, 2.75) is 0 Å². The fourth-order valence-corrected chi connectivity index (χ4v) is 2.67. The van der Waals surface area contributed by atoms with Crippen molar-refractivity contribution >= 4 is 16.7 Å².